The van der Waals surface area contributed by atoms with E-state index in [9.17, 15) is 9.59 Å². The number of nitrogens with one attached hydrogen (secondary N) is 2. The van der Waals surface area contributed by atoms with Gasteiger partial charge in [0.15, 0.2) is 0 Å². The van der Waals surface area contributed by atoms with Crippen LogP contribution in [0.15, 0.2) is 83.3 Å². The van der Waals surface area contributed by atoms with Crippen LogP contribution in [0.1, 0.15) is 30.0 Å². The highest BCUT2D eigenvalue weighted by molar-refractivity contribution is 6.30. The van der Waals surface area contributed by atoms with Crippen molar-refractivity contribution in [2.45, 2.75) is 19.4 Å². The van der Waals surface area contributed by atoms with E-state index in [0.717, 1.165) is 16.7 Å². The van der Waals surface area contributed by atoms with Crippen molar-refractivity contribution in [1.82, 2.24) is 15.5 Å². The van der Waals surface area contributed by atoms with Gasteiger partial charge in [-0.3, -0.25) is 4.79 Å². The number of hydrogen-bond acceptors (Lipinski definition) is 6. The van der Waals surface area contributed by atoms with E-state index >= 15 is 0 Å². The van der Waals surface area contributed by atoms with Gasteiger partial charge in [0.1, 0.15) is 6.04 Å². The summed E-state index contributed by atoms with van der Waals surface area (Å²) in [5.74, 6) is 0.274. The number of urea groups is 1. The molecular formula is C26H23ClN4O4. The highest BCUT2D eigenvalue weighted by Gasteiger charge is 2.23. The van der Waals surface area contributed by atoms with Gasteiger partial charge in [0.25, 0.3) is 0 Å². The first-order chi connectivity index (χ1) is 17.0. The van der Waals surface area contributed by atoms with Crippen molar-refractivity contribution in [2.24, 2.45) is 0 Å². The molecule has 0 aliphatic heterocycles. The number of amides is 2. The lowest BCUT2D eigenvalue weighted by Crippen LogP contribution is -2.33. The van der Waals surface area contributed by atoms with Gasteiger partial charge in [-0.1, -0.05) is 54.1 Å². The average Bonchev–Trinajstić information content (AvgIpc) is 3.35. The van der Waals surface area contributed by atoms with Gasteiger partial charge in [-0.15, -0.1) is 10.2 Å². The number of rotatable bonds is 8. The summed E-state index contributed by atoms with van der Waals surface area (Å²) in [5, 5.41) is 14.5. The van der Waals surface area contributed by atoms with E-state index in [1.165, 1.54) is 0 Å². The van der Waals surface area contributed by atoms with Crippen molar-refractivity contribution in [1.29, 1.82) is 0 Å². The smallest absolute Gasteiger partial charge is 0.320 e. The van der Waals surface area contributed by atoms with Gasteiger partial charge in [0.05, 0.1) is 13.0 Å². The second-order valence-corrected chi connectivity index (χ2v) is 8.01. The van der Waals surface area contributed by atoms with Crippen LogP contribution in [0.4, 0.5) is 10.5 Å². The topological polar surface area (TPSA) is 106 Å². The molecular weight excluding hydrogens is 468 g/mol. The van der Waals surface area contributed by atoms with Crippen molar-refractivity contribution in [3.05, 3.63) is 101 Å². The summed E-state index contributed by atoms with van der Waals surface area (Å²) >= 11 is 6.04. The van der Waals surface area contributed by atoms with Gasteiger partial charge in [0.2, 0.25) is 11.8 Å². The maximum absolute atomic E-state index is 12.8. The van der Waals surface area contributed by atoms with Crippen LogP contribution >= 0.6 is 11.6 Å². The average molecular weight is 491 g/mol. The Kier molecular flexibility index (Phi) is 7.74. The molecule has 4 rings (SSSR count). The minimum atomic E-state index is -0.708. The molecule has 4 aromatic rings. The van der Waals surface area contributed by atoms with Crippen LogP contribution in [-0.2, 0) is 16.0 Å². The number of halogens is 1. The maximum atomic E-state index is 12.8. The predicted molar refractivity (Wildman–Crippen MR) is 132 cm³/mol. The molecule has 0 radical (unpaired) electrons. The monoisotopic (exact) mass is 490 g/mol. The first-order valence-corrected chi connectivity index (χ1v) is 11.4. The third-order valence-corrected chi connectivity index (χ3v) is 5.30. The number of hydrogen-bond donors (Lipinski definition) is 2. The van der Waals surface area contributed by atoms with Crippen LogP contribution in [0, 0.1) is 0 Å². The molecule has 0 aliphatic carbocycles. The summed E-state index contributed by atoms with van der Waals surface area (Å²) in [6.45, 7) is 2.10. The fraction of sp³-hybridized carbons (Fsp3) is 0.154. The van der Waals surface area contributed by atoms with Crippen molar-refractivity contribution >= 4 is 29.3 Å². The Labute approximate surface area is 207 Å². The van der Waals surface area contributed by atoms with Crippen LogP contribution in [0.5, 0.6) is 0 Å². The second-order valence-electron chi connectivity index (χ2n) is 7.57. The highest BCUT2D eigenvalue weighted by Crippen LogP contribution is 2.26. The summed E-state index contributed by atoms with van der Waals surface area (Å²) in [7, 11) is 0. The quantitative estimate of drug-likeness (QED) is 0.320. The van der Waals surface area contributed by atoms with Gasteiger partial charge in [-0.05, 0) is 54.4 Å². The molecule has 1 atom stereocenters. The fourth-order valence-electron chi connectivity index (χ4n) is 3.37. The van der Waals surface area contributed by atoms with Crippen LogP contribution in [0.3, 0.4) is 0 Å². The van der Waals surface area contributed by atoms with Gasteiger partial charge >= 0.3 is 12.0 Å². The van der Waals surface area contributed by atoms with Crippen molar-refractivity contribution < 1.29 is 18.7 Å². The molecule has 0 saturated carbocycles. The Balaban J connectivity index is 1.50. The molecule has 0 aliphatic rings. The van der Waals surface area contributed by atoms with Crippen LogP contribution in [0.25, 0.3) is 11.5 Å². The number of anilines is 1. The molecule has 0 fully saturated rings. The van der Waals surface area contributed by atoms with Crippen LogP contribution in [0.2, 0.25) is 5.02 Å². The van der Waals surface area contributed by atoms with E-state index in [4.69, 9.17) is 20.8 Å². The Morgan fingerprint density at radius 2 is 1.69 bits per heavy atom. The van der Waals surface area contributed by atoms with Crippen LogP contribution < -0.4 is 10.6 Å². The lowest BCUT2D eigenvalue weighted by molar-refractivity contribution is -0.142. The zero-order chi connectivity index (χ0) is 24.6. The summed E-state index contributed by atoms with van der Waals surface area (Å²) in [6.07, 6.45) is 0.167. The Hall–Kier alpha value is -4.17. The summed E-state index contributed by atoms with van der Waals surface area (Å²) in [6, 6.07) is 22.1. The van der Waals surface area contributed by atoms with Gasteiger partial charge in [0, 0.05) is 16.3 Å². The molecule has 2 amide bonds. The Bertz CT molecular complexity index is 1270. The van der Waals surface area contributed by atoms with E-state index < -0.39 is 12.1 Å². The molecule has 2 N–H and O–H groups in total. The summed E-state index contributed by atoms with van der Waals surface area (Å²) < 4.78 is 10.9. The lowest BCUT2D eigenvalue weighted by atomic mass is 10.1. The largest absolute Gasteiger partial charge is 0.466 e. The molecule has 35 heavy (non-hydrogen) atoms. The number of aromatic nitrogens is 2. The summed E-state index contributed by atoms with van der Waals surface area (Å²) in [5.41, 5.74) is 2.83. The molecule has 178 valence electrons. The third-order valence-electron chi connectivity index (χ3n) is 5.05. The number of nitrogens with zero attached hydrogens (tertiary/aromatic N) is 2. The normalized spacial score (nSPS) is 11.5. The van der Waals surface area contributed by atoms with Crippen LogP contribution in [-0.4, -0.2) is 28.8 Å². The second kappa shape index (κ2) is 11.3. The molecule has 3 aromatic carbocycles. The fourth-order valence-corrected chi connectivity index (χ4v) is 3.50. The molecule has 9 heteroatoms. The molecule has 8 nitrogen and oxygen atoms in total. The molecule has 1 aromatic heterocycles. The zero-order valence-corrected chi connectivity index (χ0v) is 19.7. The van der Waals surface area contributed by atoms with Gasteiger partial charge < -0.3 is 19.8 Å². The molecule has 0 spiro atoms. The Morgan fingerprint density at radius 1 is 0.971 bits per heavy atom. The maximum Gasteiger partial charge on any atom is 0.320 e. The highest BCUT2D eigenvalue weighted by atomic mass is 35.5. The minimum absolute atomic E-state index is 0.167. The van der Waals surface area contributed by atoms with Crippen molar-refractivity contribution in [3.63, 3.8) is 0 Å². The molecule has 0 bridgehead atoms. The number of carbonyl (C=O) groups excluding carboxylic acids is 2. The number of ether oxygens (including phenoxy) is 1. The first-order valence-electron chi connectivity index (χ1n) is 11.0. The minimum Gasteiger partial charge on any atom is -0.466 e. The van der Waals surface area contributed by atoms with Gasteiger partial charge in [-0.2, -0.15) is 0 Å². The standard InChI is InChI=1S/C26H23ClN4O4/c1-2-34-22(32)16-17-8-14-21(15-9-17)28-26(33)29-23(18-10-12-20(27)13-11-18)25-31-30-24(35-25)19-6-4-3-5-7-19/h3-15,23H,2,16H2,1H3,(H2,28,29,33)/t23-/m0/s1. The predicted octanol–water partition coefficient (Wildman–Crippen LogP) is 5.41. The zero-order valence-electron chi connectivity index (χ0n) is 18.9. The van der Waals surface area contributed by atoms with E-state index in [2.05, 4.69) is 20.8 Å². The molecule has 0 saturated heterocycles. The number of carbonyl (C=O) groups is 2. The van der Waals surface area contributed by atoms with E-state index in [1.807, 2.05) is 30.3 Å². The van der Waals surface area contributed by atoms with Crippen molar-refractivity contribution in [2.75, 3.05) is 11.9 Å². The molecule has 0 unspecified atom stereocenters. The van der Waals surface area contributed by atoms with E-state index in [0.29, 0.717) is 23.2 Å². The van der Waals surface area contributed by atoms with E-state index in [-0.39, 0.29) is 18.3 Å². The van der Waals surface area contributed by atoms with E-state index in [1.54, 1.807) is 55.5 Å². The Morgan fingerprint density at radius 3 is 2.37 bits per heavy atom. The first kappa shape index (κ1) is 24.0. The number of esters is 1. The van der Waals surface area contributed by atoms with Crippen molar-refractivity contribution in [3.8, 4) is 11.5 Å². The molecule has 1 heterocycles. The number of benzene rings is 3. The SMILES string of the molecule is CCOC(=O)Cc1ccc(NC(=O)N[C@@H](c2ccc(Cl)cc2)c2nnc(-c3ccccc3)o2)cc1. The summed E-state index contributed by atoms with van der Waals surface area (Å²) in [4.78, 5) is 24.5. The van der Waals surface area contributed by atoms with Gasteiger partial charge in [-0.25, -0.2) is 4.79 Å². The lowest BCUT2D eigenvalue weighted by Gasteiger charge is -2.16. The third kappa shape index (κ3) is 6.45.